The van der Waals surface area contributed by atoms with E-state index in [1.165, 1.54) is 5.56 Å². The van der Waals surface area contributed by atoms with Crippen LogP contribution in [0, 0.1) is 5.41 Å². The zero-order chi connectivity index (χ0) is 13.9. The second kappa shape index (κ2) is 6.04. The molecule has 19 heavy (non-hydrogen) atoms. The summed E-state index contributed by atoms with van der Waals surface area (Å²) in [5, 5.41) is 0. The largest absolute Gasteiger partial charge is 0.329 e. The zero-order valence-corrected chi connectivity index (χ0v) is 12.5. The standard InChI is InChI=1S/C16H27N3/c1-16(2)12-18(3)15(9-17)11-19(13-16)10-14-7-5-4-6-8-14/h4-8,15H,9-13,17H2,1-3H3. The molecule has 2 N–H and O–H groups in total. The third kappa shape index (κ3) is 4.03. The number of nitrogens with zero attached hydrogens (tertiary/aromatic N) is 2. The van der Waals surface area contributed by atoms with E-state index in [1.54, 1.807) is 0 Å². The van der Waals surface area contributed by atoms with Crippen LogP contribution in [-0.2, 0) is 6.54 Å². The van der Waals surface area contributed by atoms with E-state index in [-0.39, 0.29) is 0 Å². The Kier molecular flexibility index (Phi) is 4.61. The van der Waals surface area contributed by atoms with Crippen LogP contribution in [-0.4, -0.2) is 49.1 Å². The molecule has 1 heterocycles. The Morgan fingerprint density at radius 1 is 1.21 bits per heavy atom. The first-order chi connectivity index (χ1) is 9.00. The first-order valence-corrected chi connectivity index (χ1v) is 7.17. The minimum atomic E-state index is 0.313. The van der Waals surface area contributed by atoms with Gasteiger partial charge in [0.1, 0.15) is 0 Å². The van der Waals surface area contributed by atoms with Gasteiger partial charge in [0, 0.05) is 38.8 Å². The maximum absolute atomic E-state index is 5.94. The van der Waals surface area contributed by atoms with E-state index >= 15 is 0 Å². The van der Waals surface area contributed by atoms with Crippen molar-refractivity contribution in [3.8, 4) is 0 Å². The van der Waals surface area contributed by atoms with Crippen LogP contribution in [0.25, 0.3) is 0 Å². The summed E-state index contributed by atoms with van der Waals surface area (Å²) in [5.74, 6) is 0. The van der Waals surface area contributed by atoms with Gasteiger partial charge in [-0.1, -0.05) is 44.2 Å². The molecule has 1 aromatic carbocycles. The third-order valence-electron chi connectivity index (χ3n) is 3.94. The fourth-order valence-electron chi connectivity index (χ4n) is 3.18. The second-order valence-electron chi connectivity index (χ2n) is 6.62. The highest BCUT2D eigenvalue weighted by molar-refractivity contribution is 5.14. The molecule has 1 aliphatic rings. The van der Waals surface area contributed by atoms with Crippen molar-refractivity contribution in [2.75, 3.05) is 33.2 Å². The molecule has 1 saturated heterocycles. The maximum atomic E-state index is 5.94. The first kappa shape index (κ1) is 14.5. The molecule has 1 aliphatic heterocycles. The highest BCUT2D eigenvalue weighted by Crippen LogP contribution is 2.24. The van der Waals surface area contributed by atoms with Crippen molar-refractivity contribution in [2.45, 2.75) is 26.4 Å². The van der Waals surface area contributed by atoms with E-state index < -0.39 is 0 Å². The zero-order valence-electron chi connectivity index (χ0n) is 12.5. The number of hydrogen-bond donors (Lipinski definition) is 1. The van der Waals surface area contributed by atoms with Crippen LogP contribution < -0.4 is 5.73 Å². The van der Waals surface area contributed by atoms with Gasteiger partial charge < -0.3 is 10.6 Å². The lowest BCUT2D eigenvalue weighted by molar-refractivity contribution is 0.189. The molecule has 1 atom stereocenters. The summed E-state index contributed by atoms with van der Waals surface area (Å²) in [4.78, 5) is 4.97. The predicted octanol–water partition coefficient (Wildman–Crippen LogP) is 1.79. The first-order valence-electron chi connectivity index (χ1n) is 7.17. The summed E-state index contributed by atoms with van der Waals surface area (Å²) in [7, 11) is 2.20. The molecular weight excluding hydrogens is 234 g/mol. The molecule has 0 aliphatic carbocycles. The van der Waals surface area contributed by atoms with Gasteiger partial charge in [-0.3, -0.25) is 4.90 Å². The molecule has 106 valence electrons. The van der Waals surface area contributed by atoms with Gasteiger partial charge >= 0.3 is 0 Å². The molecule has 0 amide bonds. The summed E-state index contributed by atoms with van der Waals surface area (Å²) in [6.07, 6.45) is 0. The summed E-state index contributed by atoms with van der Waals surface area (Å²) < 4.78 is 0. The van der Waals surface area contributed by atoms with E-state index in [9.17, 15) is 0 Å². The molecule has 0 spiro atoms. The highest BCUT2D eigenvalue weighted by Gasteiger charge is 2.31. The number of likely N-dealkylation sites (N-methyl/N-ethyl adjacent to an activating group) is 1. The number of hydrogen-bond acceptors (Lipinski definition) is 3. The molecule has 2 rings (SSSR count). The van der Waals surface area contributed by atoms with Crippen molar-refractivity contribution in [1.82, 2.24) is 9.80 Å². The average molecular weight is 261 g/mol. The Balaban J connectivity index is 2.10. The van der Waals surface area contributed by atoms with E-state index in [4.69, 9.17) is 5.73 Å². The second-order valence-corrected chi connectivity index (χ2v) is 6.62. The lowest BCUT2D eigenvalue weighted by Crippen LogP contribution is -2.43. The normalized spacial score (nSPS) is 25.2. The smallest absolute Gasteiger partial charge is 0.0343 e. The van der Waals surface area contributed by atoms with Crippen LogP contribution in [0.3, 0.4) is 0 Å². The van der Waals surface area contributed by atoms with Gasteiger partial charge in [-0.15, -0.1) is 0 Å². The van der Waals surface area contributed by atoms with Crippen molar-refractivity contribution < 1.29 is 0 Å². The Morgan fingerprint density at radius 2 is 1.89 bits per heavy atom. The summed E-state index contributed by atoms with van der Waals surface area (Å²) in [6.45, 7) is 9.75. The van der Waals surface area contributed by atoms with Gasteiger partial charge in [0.25, 0.3) is 0 Å². The van der Waals surface area contributed by atoms with Gasteiger partial charge in [0.05, 0.1) is 0 Å². The monoisotopic (exact) mass is 261 g/mol. The van der Waals surface area contributed by atoms with Gasteiger partial charge in [-0.2, -0.15) is 0 Å². The van der Waals surface area contributed by atoms with Crippen LogP contribution in [0.4, 0.5) is 0 Å². The van der Waals surface area contributed by atoms with Gasteiger partial charge in [-0.05, 0) is 18.0 Å². The number of rotatable bonds is 3. The molecule has 3 heteroatoms. The van der Waals surface area contributed by atoms with Gasteiger partial charge in [0.15, 0.2) is 0 Å². The van der Waals surface area contributed by atoms with Gasteiger partial charge in [0.2, 0.25) is 0 Å². The van der Waals surface area contributed by atoms with E-state index in [2.05, 4.69) is 61.0 Å². The molecule has 1 unspecified atom stereocenters. The number of nitrogens with two attached hydrogens (primary N) is 1. The topological polar surface area (TPSA) is 32.5 Å². The quantitative estimate of drug-likeness (QED) is 0.900. The van der Waals surface area contributed by atoms with Crippen LogP contribution in [0.15, 0.2) is 30.3 Å². The highest BCUT2D eigenvalue weighted by atomic mass is 15.2. The molecule has 0 saturated carbocycles. The van der Waals surface area contributed by atoms with Crippen molar-refractivity contribution in [3.63, 3.8) is 0 Å². The molecule has 1 fully saturated rings. The van der Waals surface area contributed by atoms with E-state index in [1.807, 2.05) is 0 Å². The van der Waals surface area contributed by atoms with Crippen LogP contribution in [0.1, 0.15) is 19.4 Å². The fraction of sp³-hybridized carbons (Fsp3) is 0.625. The Bertz CT molecular complexity index is 388. The number of benzene rings is 1. The molecule has 0 aromatic heterocycles. The molecule has 1 aromatic rings. The third-order valence-corrected chi connectivity index (χ3v) is 3.94. The van der Waals surface area contributed by atoms with Crippen LogP contribution in [0.2, 0.25) is 0 Å². The van der Waals surface area contributed by atoms with Crippen LogP contribution in [0.5, 0.6) is 0 Å². The summed E-state index contributed by atoms with van der Waals surface area (Å²) in [5.41, 5.74) is 7.64. The fourth-order valence-corrected chi connectivity index (χ4v) is 3.18. The molecule has 0 bridgehead atoms. The van der Waals surface area contributed by atoms with Crippen LogP contribution >= 0.6 is 0 Å². The molecule has 3 nitrogen and oxygen atoms in total. The molecular formula is C16H27N3. The Labute approximate surface area is 117 Å². The average Bonchev–Trinajstić information content (AvgIpc) is 2.45. The van der Waals surface area contributed by atoms with Gasteiger partial charge in [-0.25, -0.2) is 0 Å². The Hall–Kier alpha value is -0.900. The summed E-state index contributed by atoms with van der Waals surface area (Å²) >= 11 is 0. The molecule has 0 radical (unpaired) electrons. The Morgan fingerprint density at radius 3 is 2.53 bits per heavy atom. The van der Waals surface area contributed by atoms with E-state index in [0.29, 0.717) is 11.5 Å². The van der Waals surface area contributed by atoms with Crippen molar-refractivity contribution in [2.24, 2.45) is 11.1 Å². The van der Waals surface area contributed by atoms with Crippen molar-refractivity contribution in [3.05, 3.63) is 35.9 Å². The lowest BCUT2D eigenvalue weighted by atomic mass is 9.92. The van der Waals surface area contributed by atoms with Crippen molar-refractivity contribution in [1.29, 1.82) is 0 Å². The summed E-state index contributed by atoms with van der Waals surface area (Å²) in [6, 6.07) is 11.2. The lowest BCUT2D eigenvalue weighted by Gasteiger charge is -2.30. The minimum Gasteiger partial charge on any atom is -0.329 e. The minimum absolute atomic E-state index is 0.313. The van der Waals surface area contributed by atoms with E-state index in [0.717, 1.165) is 32.7 Å². The SMILES string of the molecule is CN1CC(C)(C)CN(Cc2ccccc2)CC1CN. The maximum Gasteiger partial charge on any atom is 0.0343 e. The van der Waals surface area contributed by atoms with Crippen molar-refractivity contribution >= 4 is 0 Å². The predicted molar refractivity (Wildman–Crippen MR) is 81.0 cm³/mol.